The van der Waals surface area contributed by atoms with Crippen LogP contribution in [0.4, 0.5) is 0 Å². The van der Waals surface area contributed by atoms with E-state index in [0.29, 0.717) is 0 Å². The largest absolute Gasteiger partial charge is 0.120 e. The van der Waals surface area contributed by atoms with E-state index in [1.54, 1.807) is 5.92 Å². The number of hydrogen-bond acceptors (Lipinski definition) is 0. The summed E-state index contributed by atoms with van der Waals surface area (Å²) in [6.45, 7) is 12.0. The number of rotatable bonds is 3. The van der Waals surface area contributed by atoms with Crippen molar-refractivity contribution in [1.82, 2.24) is 0 Å². The second kappa shape index (κ2) is 16.0. The molecule has 0 bridgehead atoms. The molecule has 0 saturated heterocycles. The molecule has 0 heterocycles. The van der Waals surface area contributed by atoms with Gasteiger partial charge in [0, 0.05) is 0 Å². The van der Waals surface area contributed by atoms with Crippen molar-refractivity contribution in [2.75, 3.05) is 0 Å². The van der Waals surface area contributed by atoms with E-state index in [2.05, 4.69) is 105 Å². The molecular weight excluding hydrogens is 444 g/mol. The van der Waals surface area contributed by atoms with Crippen LogP contribution in [0.25, 0.3) is 0 Å². The summed E-state index contributed by atoms with van der Waals surface area (Å²) in [6, 6.07) is 21.8. The minimum absolute atomic E-state index is 0. The maximum Gasteiger partial charge on any atom is -0.0438 e. The Kier molecular flexibility index (Phi) is 15.7. The molecule has 2 heteroatoms. The van der Waals surface area contributed by atoms with E-state index < -0.39 is 0 Å². The summed E-state index contributed by atoms with van der Waals surface area (Å²) in [5.41, 5.74) is 2.80. The Balaban J connectivity index is 0.000000594. The molecule has 32 heavy (non-hydrogen) atoms. The summed E-state index contributed by atoms with van der Waals surface area (Å²) in [6.07, 6.45) is 5.46. The Hall–Kier alpha value is -0.686. The summed E-state index contributed by atoms with van der Waals surface area (Å²) in [7, 11) is 4.64. The zero-order valence-electron chi connectivity index (χ0n) is 21.4. The molecule has 0 spiro atoms. The third kappa shape index (κ3) is 7.97. The maximum atomic E-state index is 4.64. The van der Waals surface area contributed by atoms with Crippen LogP contribution in [-0.2, 0) is 19.4 Å². The van der Waals surface area contributed by atoms with Gasteiger partial charge < -0.3 is 14.9 Å². The minimum Gasteiger partial charge on any atom is -0.120 e. The first-order valence-electron chi connectivity index (χ1n) is 11.7. The van der Waals surface area contributed by atoms with E-state index in [1.807, 2.05) is 0 Å². The minimum atomic E-state index is 0. The van der Waals surface area contributed by atoms with Crippen LogP contribution in [0.2, 0.25) is 0 Å². The third-order valence-electron chi connectivity index (χ3n) is 8.08. The van der Waals surface area contributed by atoms with Crippen LogP contribution in [0.1, 0.15) is 71.4 Å². The summed E-state index contributed by atoms with van der Waals surface area (Å²) in [4.78, 5) is 0. The normalized spacial score (nSPS) is 26.4. The molecule has 2 aromatic rings. The van der Waals surface area contributed by atoms with E-state index in [4.69, 9.17) is 0 Å². The molecular formula is C30H45ClTi. The van der Waals surface area contributed by atoms with Crippen LogP contribution in [0.15, 0.2) is 60.7 Å². The standard InChI is InChI=1S/C18H19.C10H20.2CH3.ClH.Ti/c1-3-9-15(10-4-1)18(17-13-7-8-14-17)16-11-5-2-6-12-16;1-6-7(2)9(4)10(5)8(6)3;;;;/h1-6,9-12,17H,7-8,13-14H2;6-10H,1-5H3;2*1H3;1H;/q-1;;2*-1;;+4/p-1. The summed E-state index contributed by atoms with van der Waals surface area (Å²) in [5.74, 6) is 6.97. The van der Waals surface area contributed by atoms with Crippen LogP contribution < -0.4 is 0 Å². The van der Waals surface area contributed by atoms with Crippen molar-refractivity contribution in [2.45, 2.75) is 60.3 Å². The number of benzene rings is 2. The van der Waals surface area contributed by atoms with Gasteiger partial charge in [-0.3, -0.25) is 0 Å². The van der Waals surface area contributed by atoms with E-state index in [1.165, 1.54) is 56.2 Å². The average molecular weight is 489 g/mol. The SMILES string of the molecule is CC1C(C)C(C)C(C)C1C.[CH3-].[CH3-].[Cl][Ti+3].c1ccc([C-](c2ccccc2)C2CCCC2)cc1. The van der Waals surface area contributed by atoms with Crippen molar-refractivity contribution < 1.29 is 19.4 Å². The van der Waals surface area contributed by atoms with E-state index in [0.717, 1.165) is 35.5 Å². The summed E-state index contributed by atoms with van der Waals surface area (Å²) >= 11 is 1.47. The van der Waals surface area contributed by atoms with E-state index in [-0.39, 0.29) is 14.9 Å². The predicted molar refractivity (Wildman–Crippen MR) is 141 cm³/mol. The van der Waals surface area contributed by atoms with Crippen molar-refractivity contribution in [3.63, 3.8) is 0 Å². The van der Waals surface area contributed by atoms with Gasteiger partial charge in [0.15, 0.2) is 0 Å². The Bertz CT molecular complexity index is 611. The third-order valence-corrected chi connectivity index (χ3v) is 8.08. The van der Waals surface area contributed by atoms with Crippen LogP contribution in [0.3, 0.4) is 0 Å². The zero-order chi connectivity index (χ0) is 22.1. The quantitative estimate of drug-likeness (QED) is 0.298. The Morgan fingerprint density at radius 1 is 0.594 bits per heavy atom. The van der Waals surface area contributed by atoms with Crippen molar-refractivity contribution in [3.05, 3.63) is 92.6 Å². The van der Waals surface area contributed by atoms with Gasteiger partial charge in [-0.05, 0) is 35.5 Å². The van der Waals surface area contributed by atoms with Gasteiger partial charge >= 0.3 is 28.7 Å². The fourth-order valence-corrected chi connectivity index (χ4v) is 5.48. The first kappa shape index (κ1) is 31.3. The molecule has 0 nitrogen and oxygen atoms in total. The summed E-state index contributed by atoms with van der Waals surface area (Å²) < 4.78 is 0. The smallest absolute Gasteiger partial charge is 0.0438 e. The molecule has 2 saturated carbocycles. The topological polar surface area (TPSA) is 0 Å². The molecule has 0 radical (unpaired) electrons. The van der Waals surface area contributed by atoms with Crippen LogP contribution in [0.5, 0.6) is 0 Å². The molecule has 0 unspecified atom stereocenters. The molecule has 4 rings (SSSR count). The number of hydrogen-bond donors (Lipinski definition) is 0. The fourth-order valence-electron chi connectivity index (χ4n) is 5.48. The zero-order valence-corrected chi connectivity index (χ0v) is 23.8. The molecule has 2 aliphatic carbocycles. The predicted octanol–water partition coefficient (Wildman–Crippen LogP) is 9.62. The first-order valence-corrected chi connectivity index (χ1v) is 13.8. The molecule has 2 aliphatic rings. The van der Waals surface area contributed by atoms with Crippen LogP contribution >= 0.6 is 9.30 Å². The van der Waals surface area contributed by atoms with Gasteiger partial charge in [0.2, 0.25) is 0 Å². The Labute approximate surface area is 216 Å². The van der Waals surface area contributed by atoms with Crippen LogP contribution in [0, 0.1) is 56.3 Å². The molecule has 0 aliphatic heterocycles. The van der Waals surface area contributed by atoms with Gasteiger partial charge in [-0.2, -0.15) is 0 Å². The van der Waals surface area contributed by atoms with Gasteiger partial charge in [0.05, 0.1) is 0 Å². The summed E-state index contributed by atoms with van der Waals surface area (Å²) in [5, 5.41) is 0. The van der Waals surface area contributed by atoms with Gasteiger partial charge in [0.1, 0.15) is 0 Å². The monoisotopic (exact) mass is 488 g/mol. The Morgan fingerprint density at radius 3 is 1.16 bits per heavy atom. The second-order valence-corrected chi connectivity index (χ2v) is 9.42. The van der Waals surface area contributed by atoms with Gasteiger partial charge in [0.25, 0.3) is 0 Å². The molecule has 2 fully saturated rings. The van der Waals surface area contributed by atoms with Gasteiger partial charge in [-0.15, -0.1) is 41.3 Å². The van der Waals surface area contributed by atoms with Crippen molar-refractivity contribution in [3.8, 4) is 0 Å². The van der Waals surface area contributed by atoms with Crippen molar-refractivity contribution in [2.24, 2.45) is 35.5 Å². The van der Waals surface area contributed by atoms with E-state index >= 15 is 0 Å². The van der Waals surface area contributed by atoms with Gasteiger partial charge in [-0.25, -0.2) is 0 Å². The molecule has 2 aromatic carbocycles. The molecule has 0 N–H and O–H groups in total. The fraction of sp³-hybridized carbons (Fsp3) is 0.500. The molecule has 0 atom stereocenters. The molecule has 0 amide bonds. The van der Waals surface area contributed by atoms with E-state index in [9.17, 15) is 0 Å². The second-order valence-electron chi connectivity index (χ2n) is 9.42. The van der Waals surface area contributed by atoms with Gasteiger partial charge in [-0.1, -0.05) is 96.7 Å². The maximum absolute atomic E-state index is 4.64. The first-order chi connectivity index (χ1) is 14.5. The molecule has 176 valence electrons. The average Bonchev–Trinajstić information content (AvgIpc) is 3.39. The Morgan fingerprint density at radius 2 is 0.875 bits per heavy atom. The molecule has 0 aromatic heterocycles. The van der Waals surface area contributed by atoms with Crippen molar-refractivity contribution >= 4 is 9.30 Å². The number of halogens is 1. The van der Waals surface area contributed by atoms with Crippen molar-refractivity contribution in [1.29, 1.82) is 0 Å². The van der Waals surface area contributed by atoms with Crippen LogP contribution in [-0.4, -0.2) is 0 Å².